The topological polar surface area (TPSA) is 75.4 Å². The molecular weight excluding hydrogens is 208 g/mol. The second-order valence-corrected chi connectivity index (χ2v) is 4.21. The maximum Gasteiger partial charge on any atom is 0.272 e. The molecule has 1 saturated heterocycles. The molecule has 5 nitrogen and oxygen atoms in total. The zero-order valence-corrected chi connectivity index (χ0v) is 8.85. The van der Waals surface area contributed by atoms with Crippen molar-refractivity contribution in [2.75, 3.05) is 13.1 Å². The first-order valence-corrected chi connectivity index (χ1v) is 5.26. The lowest BCUT2D eigenvalue weighted by atomic mass is 9.93. The lowest BCUT2D eigenvalue weighted by molar-refractivity contribution is -0.385. The molecule has 1 aliphatic heterocycles. The fraction of sp³-hybridized carbons (Fsp3) is 0.455. The summed E-state index contributed by atoms with van der Waals surface area (Å²) in [7, 11) is 0. The molecule has 1 unspecified atom stereocenters. The van der Waals surface area contributed by atoms with Gasteiger partial charge in [0.25, 0.3) is 5.69 Å². The molecule has 16 heavy (non-hydrogen) atoms. The Morgan fingerprint density at radius 3 is 2.88 bits per heavy atom. The number of nitrogens with one attached hydrogen (secondary N) is 1. The third-order valence-corrected chi connectivity index (χ3v) is 2.93. The number of nitrogens with zero attached hydrogens (tertiary/aromatic N) is 1. The number of hydrogen-bond donors (Lipinski definition) is 2. The number of nitro groups is 1. The Kier molecular flexibility index (Phi) is 2.89. The number of para-hydroxylation sites is 1. The van der Waals surface area contributed by atoms with E-state index >= 15 is 0 Å². The van der Waals surface area contributed by atoms with Crippen molar-refractivity contribution in [1.29, 1.82) is 0 Å². The van der Waals surface area contributed by atoms with Crippen LogP contribution in [0.15, 0.2) is 24.3 Å². The third-order valence-electron chi connectivity index (χ3n) is 2.93. The fourth-order valence-electron chi connectivity index (χ4n) is 2.07. The summed E-state index contributed by atoms with van der Waals surface area (Å²) in [6.45, 7) is 1.26. The molecule has 0 amide bonds. The molecule has 2 N–H and O–H groups in total. The summed E-state index contributed by atoms with van der Waals surface area (Å²) in [5, 5.41) is 24.0. The van der Waals surface area contributed by atoms with Gasteiger partial charge in [-0.1, -0.05) is 18.2 Å². The number of nitro benzene ring substituents is 1. The maximum atomic E-state index is 10.8. The molecule has 1 heterocycles. The van der Waals surface area contributed by atoms with Crippen LogP contribution in [0.4, 0.5) is 5.69 Å². The van der Waals surface area contributed by atoms with Gasteiger partial charge >= 0.3 is 0 Å². The van der Waals surface area contributed by atoms with Crippen LogP contribution in [0.2, 0.25) is 0 Å². The molecule has 1 atom stereocenters. The van der Waals surface area contributed by atoms with Gasteiger partial charge in [0.1, 0.15) is 0 Å². The summed E-state index contributed by atoms with van der Waals surface area (Å²) >= 11 is 0. The number of hydrogen-bond acceptors (Lipinski definition) is 4. The van der Waals surface area contributed by atoms with Gasteiger partial charge in [0.2, 0.25) is 0 Å². The number of β-amino-alcohol motifs (C(OH)–C–C–N with tert-alkyl or cyclic N) is 1. The van der Waals surface area contributed by atoms with E-state index < -0.39 is 10.5 Å². The summed E-state index contributed by atoms with van der Waals surface area (Å²) in [6, 6.07) is 6.57. The van der Waals surface area contributed by atoms with E-state index in [1.54, 1.807) is 18.2 Å². The van der Waals surface area contributed by atoms with Gasteiger partial charge in [-0.25, -0.2) is 0 Å². The monoisotopic (exact) mass is 222 g/mol. The minimum atomic E-state index is -0.841. The maximum absolute atomic E-state index is 10.8. The van der Waals surface area contributed by atoms with Gasteiger partial charge in [0.15, 0.2) is 0 Å². The van der Waals surface area contributed by atoms with Crippen molar-refractivity contribution in [2.24, 2.45) is 0 Å². The normalized spacial score (nSPS) is 24.6. The van der Waals surface area contributed by atoms with Crippen molar-refractivity contribution in [3.63, 3.8) is 0 Å². The first-order valence-electron chi connectivity index (χ1n) is 5.26. The van der Waals surface area contributed by atoms with Crippen LogP contribution >= 0.6 is 0 Å². The Balaban J connectivity index is 2.23. The molecule has 1 aromatic rings. The van der Waals surface area contributed by atoms with E-state index in [-0.39, 0.29) is 5.69 Å². The van der Waals surface area contributed by atoms with Crippen molar-refractivity contribution in [3.05, 3.63) is 39.9 Å². The Hall–Kier alpha value is -1.46. The third kappa shape index (κ3) is 2.20. The molecule has 0 aromatic heterocycles. The second-order valence-electron chi connectivity index (χ2n) is 4.21. The second kappa shape index (κ2) is 4.19. The van der Waals surface area contributed by atoms with E-state index in [1.165, 1.54) is 6.07 Å². The molecule has 0 spiro atoms. The van der Waals surface area contributed by atoms with Gasteiger partial charge in [0.05, 0.1) is 10.5 Å². The van der Waals surface area contributed by atoms with Crippen molar-refractivity contribution >= 4 is 5.69 Å². The summed E-state index contributed by atoms with van der Waals surface area (Å²) in [4.78, 5) is 10.4. The fourth-order valence-corrected chi connectivity index (χ4v) is 2.07. The summed E-state index contributed by atoms with van der Waals surface area (Å²) in [6.07, 6.45) is 0.968. The Labute approximate surface area is 93.2 Å². The van der Waals surface area contributed by atoms with Crippen LogP contribution in [-0.2, 0) is 6.42 Å². The number of rotatable bonds is 3. The average molecular weight is 222 g/mol. The van der Waals surface area contributed by atoms with Crippen molar-refractivity contribution in [3.8, 4) is 0 Å². The predicted octanol–water partition coefficient (Wildman–Crippen LogP) is 0.862. The molecular formula is C11H14N2O3. The van der Waals surface area contributed by atoms with E-state index in [0.29, 0.717) is 24.9 Å². The molecule has 5 heteroatoms. The predicted molar refractivity (Wildman–Crippen MR) is 59.2 cm³/mol. The molecule has 0 aliphatic carbocycles. The van der Waals surface area contributed by atoms with Crippen LogP contribution in [0.5, 0.6) is 0 Å². The molecule has 0 bridgehead atoms. The van der Waals surface area contributed by atoms with Crippen molar-refractivity contribution in [1.82, 2.24) is 5.32 Å². The van der Waals surface area contributed by atoms with E-state index in [9.17, 15) is 15.2 Å². The highest BCUT2D eigenvalue weighted by atomic mass is 16.6. The Bertz CT molecular complexity index is 400. The minimum Gasteiger partial charge on any atom is -0.388 e. The van der Waals surface area contributed by atoms with Crippen molar-refractivity contribution in [2.45, 2.75) is 18.4 Å². The highest BCUT2D eigenvalue weighted by molar-refractivity contribution is 5.40. The molecule has 86 valence electrons. The van der Waals surface area contributed by atoms with Gasteiger partial charge in [-0.3, -0.25) is 10.1 Å². The largest absolute Gasteiger partial charge is 0.388 e. The molecule has 1 fully saturated rings. The summed E-state index contributed by atoms with van der Waals surface area (Å²) < 4.78 is 0. The zero-order chi connectivity index (χ0) is 11.6. The number of aliphatic hydroxyl groups is 1. The van der Waals surface area contributed by atoms with Crippen LogP contribution in [-0.4, -0.2) is 28.7 Å². The van der Waals surface area contributed by atoms with Gasteiger partial charge in [-0.05, 0) is 13.0 Å². The van der Waals surface area contributed by atoms with Crippen LogP contribution in [0.1, 0.15) is 12.0 Å². The van der Waals surface area contributed by atoms with E-state index in [0.717, 1.165) is 6.54 Å². The molecule has 1 aromatic carbocycles. The first-order chi connectivity index (χ1) is 7.61. The first kappa shape index (κ1) is 11.0. The average Bonchev–Trinajstić information content (AvgIpc) is 2.65. The summed E-state index contributed by atoms with van der Waals surface area (Å²) in [5.41, 5.74) is -0.159. The van der Waals surface area contributed by atoms with Crippen LogP contribution < -0.4 is 5.32 Å². The highest BCUT2D eigenvalue weighted by Crippen LogP contribution is 2.26. The lowest BCUT2D eigenvalue weighted by Gasteiger charge is -2.20. The lowest BCUT2D eigenvalue weighted by Crippen LogP contribution is -2.33. The van der Waals surface area contributed by atoms with Crippen LogP contribution in [0.25, 0.3) is 0 Å². The Morgan fingerprint density at radius 1 is 1.50 bits per heavy atom. The van der Waals surface area contributed by atoms with Gasteiger partial charge in [-0.2, -0.15) is 0 Å². The van der Waals surface area contributed by atoms with Crippen LogP contribution in [0, 0.1) is 10.1 Å². The van der Waals surface area contributed by atoms with Gasteiger partial charge in [0, 0.05) is 24.6 Å². The SMILES string of the molecule is O=[N+]([O-])c1ccccc1CC1(O)CCNC1. The summed E-state index contributed by atoms with van der Waals surface area (Å²) in [5.74, 6) is 0. The smallest absolute Gasteiger partial charge is 0.272 e. The zero-order valence-electron chi connectivity index (χ0n) is 8.85. The molecule has 0 radical (unpaired) electrons. The van der Waals surface area contributed by atoms with Crippen molar-refractivity contribution < 1.29 is 10.0 Å². The standard InChI is InChI=1S/C11H14N2O3/c14-11(5-6-12-8-11)7-9-3-1-2-4-10(9)13(15)16/h1-4,12,14H,5-8H2. The quantitative estimate of drug-likeness (QED) is 0.587. The Morgan fingerprint density at radius 2 is 2.25 bits per heavy atom. The van der Waals surface area contributed by atoms with Crippen LogP contribution in [0.3, 0.4) is 0 Å². The van der Waals surface area contributed by atoms with Gasteiger partial charge < -0.3 is 10.4 Å². The number of benzene rings is 1. The highest BCUT2D eigenvalue weighted by Gasteiger charge is 2.33. The molecule has 1 aliphatic rings. The molecule has 0 saturated carbocycles. The molecule has 2 rings (SSSR count). The van der Waals surface area contributed by atoms with E-state index in [2.05, 4.69) is 5.32 Å². The van der Waals surface area contributed by atoms with E-state index in [4.69, 9.17) is 0 Å². The van der Waals surface area contributed by atoms with Gasteiger partial charge in [-0.15, -0.1) is 0 Å². The minimum absolute atomic E-state index is 0.0859. The van der Waals surface area contributed by atoms with E-state index in [1.807, 2.05) is 0 Å².